The summed E-state index contributed by atoms with van der Waals surface area (Å²) in [5.41, 5.74) is 2.01. The van der Waals surface area contributed by atoms with E-state index in [9.17, 15) is 0 Å². The number of benzene rings is 1. The van der Waals surface area contributed by atoms with Gasteiger partial charge in [0, 0.05) is 64.3 Å². The van der Waals surface area contributed by atoms with E-state index >= 15 is 0 Å². The minimum atomic E-state index is 0. The minimum absolute atomic E-state index is 0. The summed E-state index contributed by atoms with van der Waals surface area (Å²) < 4.78 is 12.5. The van der Waals surface area contributed by atoms with Gasteiger partial charge in [0.25, 0.3) is 0 Å². The normalized spacial score (nSPS) is 10.9. The highest BCUT2D eigenvalue weighted by molar-refractivity contribution is 14.0. The molecule has 25 heavy (non-hydrogen) atoms. The average Bonchev–Trinajstić information content (AvgIpc) is 3.01. The van der Waals surface area contributed by atoms with Crippen molar-refractivity contribution >= 4 is 35.6 Å². The Balaban J connectivity index is 0.00000312. The zero-order valence-electron chi connectivity index (χ0n) is 14.9. The number of aliphatic imine (C=N–C) groups is 1. The molecule has 0 amide bonds. The van der Waals surface area contributed by atoms with Crippen LogP contribution in [0.2, 0.25) is 0 Å². The van der Waals surface area contributed by atoms with Gasteiger partial charge in [-0.3, -0.25) is 9.67 Å². The van der Waals surface area contributed by atoms with Crippen molar-refractivity contribution in [1.29, 1.82) is 0 Å². The number of hydrogen-bond donors (Lipinski definition) is 2. The van der Waals surface area contributed by atoms with E-state index in [1.54, 1.807) is 18.8 Å². The third-order valence-electron chi connectivity index (χ3n) is 3.30. The van der Waals surface area contributed by atoms with Gasteiger partial charge in [0.2, 0.25) is 0 Å². The van der Waals surface area contributed by atoms with Crippen molar-refractivity contribution in [1.82, 2.24) is 15.1 Å². The second kappa shape index (κ2) is 11.7. The third-order valence-corrected chi connectivity index (χ3v) is 3.30. The molecule has 0 fully saturated rings. The van der Waals surface area contributed by atoms with E-state index in [2.05, 4.69) is 20.7 Å². The van der Waals surface area contributed by atoms with Gasteiger partial charge in [0.1, 0.15) is 5.75 Å². The molecule has 1 heterocycles. The van der Waals surface area contributed by atoms with E-state index in [0.29, 0.717) is 25.7 Å². The number of halogens is 1. The van der Waals surface area contributed by atoms with Crippen LogP contribution in [-0.2, 0) is 18.3 Å². The summed E-state index contributed by atoms with van der Waals surface area (Å²) in [6.45, 7) is 1.98. The van der Waals surface area contributed by atoms with Crippen molar-refractivity contribution in [3.8, 4) is 5.75 Å². The fourth-order valence-corrected chi connectivity index (χ4v) is 2.12. The van der Waals surface area contributed by atoms with Gasteiger partial charge < -0.3 is 20.1 Å². The second-order valence-corrected chi connectivity index (χ2v) is 5.30. The molecule has 0 spiro atoms. The van der Waals surface area contributed by atoms with E-state index < -0.39 is 0 Å². The Hall–Kier alpha value is -1.81. The zero-order chi connectivity index (χ0) is 17.2. The van der Waals surface area contributed by atoms with Crippen LogP contribution in [0.5, 0.6) is 5.75 Å². The fraction of sp³-hybridized carbons (Fsp3) is 0.412. The molecular weight excluding hydrogens is 433 g/mol. The van der Waals surface area contributed by atoms with Gasteiger partial charge in [-0.2, -0.15) is 5.10 Å². The number of guanidine groups is 1. The van der Waals surface area contributed by atoms with Crippen LogP contribution in [0, 0.1) is 0 Å². The number of nitrogens with zero attached hydrogens (tertiary/aromatic N) is 3. The van der Waals surface area contributed by atoms with Crippen molar-refractivity contribution in [3.05, 3.63) is 42.2 Å². The summed E-state index contributed by atoms with van der Waals surface area (Å²) in [5, 5.41) is 10.7. The Bertz CT molecular complexity index is 660. The summed E-state index contributed by atoms with van der Waals surface area (Å²) in [7, 11) is 5.33. The molecule has 1 aromatic heterocycles. The molecule has 0 aliphatic heterocycles. The van der Waals surface area contributed by atoms with Crippen molar-refractivity contribution < 1.29 is 9.47 Å². The maximum Gasteiger partial charge on any atom is 0.195 e. The van der Waals surface area contributed by atoms with Crippen LogP contribution in [0.3, 0.4) is 0 Å². The number of ether oxygens (including phenoxy) is 2. The number of nitrogens with one attached hydrogen (secondary N) is 2. The number of anilines is 1. The highest BCUT2D eigenvalue weighted by atomic mass is 127. The molecule has 2 N–H and O–H groups in total. The van der Waals surface area contributed by atoms with Gasteiger partial charge in [-0.1, -0.05) is 6.07 Å². The first-order valence-corrected chi connectivity index (χ1v) is 7.88. The van der Waals surface area contributed by atoms with E-state index in [0.717, 1.165) is 23.4 Å². The summed E-state index contributed by atoms with van der Waals surface area (Å²) in [6, 6.07) is 7.80. The van der Waals surface area contributed by atoms with E-state index in [4.69, 9.17) is 9.47 Å². The molecule has 0 saturated carbocycles. The molecule has 0 bridgehead atoms. The Kier molecular flexibility index (Phi) is 9.93. The van der Waals surface area contributed by atoms with Gasteiger partial charge in [-0.05, 0) is 12.1 Å². The second-order valence-electron chi connectivity index (χ2n) is 5.30. The van der Waals surface area contributed by atoms with Crippen LogP contribution in [0.4, 0.5) is 5.69 Å². The molecule has 0 radical (unpaired) electrons. The van der Waals surface area contributed by atoms with Crippen LogP contribution in [0.1, 0.15) is 12.0 Å². The van der Waals surface area contributed by atoms with Gasteiger partial charge in [-0.25, -0.2) is 0 Å². The molecule has 0 aliphatic carbocycles. The largest absolute Gasteiger partial charge is 0.493 e. The molecular formula is C17H26IN5O2. The van der Waals surface area contributed by atoms with Gasteiger partial charge >= 0.3 is 0 Å². The van der Waals surface area contributed by atoms with E-state index in [-0.39, 0.29) is 24.0 Å². The van der Waals surface area contributed by atoms with Crippen LogP contribution >= 0.6 is 24.0 Å². The molecule has 8 heteroatoms. The lowest BCUT2D eigenvalue weighted by atomic mass is 10.3. The maximum atomic E-state index is 5.70. The minimum Gasteiger partial charge on any atom is -0.493 e. The highest BCUT2D eigenvalue weighted by Gasteiger charge is 2.03. The van der Waals surface area contributed by atoms with Gasteiger partial charge in [0.05, 0.1) is 12.8 Å². The molecule has 1 aromatic carbocycles. The standard InChI is InChI=1S/C17H25N5O2.HI/c1-18-17(19-11-14-12-20-22(2)13-14)21-15-6-4-7-16(10-15)24-9-5-8-23-3;/h4,6-7,10,12-13H,5,8-9,11H2,1-3H3,(H2,18,19,21);1H. The monoisotopic (exact) mass is 459 g/mol. The van der Waals surface area contributed by atoms with E-state index in [1.165, 1.54) is 0 Å². The highest BCUT2D eigenvalue weighted by Crippen LogP contribution is 2.17. The quantitative estimate of drug-likeness (QED) is 0.275. The smallest absolute Gasteiger partial charge is 0.195 e. The number of aryl methyl sites for hydroxylation is 1. The molecule has 0 atom stereocenters. The summed E-state index contributed by atoms with van der Waals surface area (Å²) >= 11 is 0. The lowest BCUT2D eigenvalue weighted by molar-refractivity contribution is 0.172. The summed E-state index contributed by atoms with van der Waals surface area (Å²) in [5.74, 6) is 1.51. The average molecular weight is 459 g/mol. The zero-order valence-corrected chi connectivity index (χ0v) is 17.2. The predicted octanol–water partition coefficient (Wildman–Crippen LogP) is 2.64. The van der Waals surface area contributed by atoms with Crippen molar-refractivity contribution in [2.75, 3.05) is 32.7 Å². The molecule has 0 unspecified atom stereocenters. The van der Waals surface area contributed by atoms with Gasteiger partial charge in [0.15, 0.2) is 5.96 Å². The lowest BCUT2D eigenvalue weighted by Gasteiger charge is -2.12. The lowest BCUT2D eigenvalue weighted by Crippen LogP contribution is -2.30. The van der Waals surface area contributed by atoms with Crippen LogP contribution in [-0.4, -0.2) is 43.1 Å². The molecule has 0 saturated heterocycles. The van der Waals surface area contributed by atoms with Crippen LogP contribution in [0.25, 0.3) is 0 Å². The first kappa shape index (κ1) is 21.2. The Morgan fingerprint density at radius 2 is 2.16 bits per heavy atom. The Morgan fingerprint density at radius 3 is 2.84 bits per heavy atom. The fourth-order valence-electron chi connectivity index (χ4n) is 2.12. The predicted molar refractivity (Wildman–Crippen MR) is 111 cm³/mol. The number of aromatic nitrogens is 2. The van der Waals surface area contributed by atoms with Crippen molar-refractivity contribution in [2.45, 2.75) is 13.0 Å². The number of hydrogen-bond acceptors (Lipinski definition) is 4. The Morgan fingerprint density at radius 1 is 1.32 bits per heavy atom. The van der Waals surface area contributed by atoms with Crippen LogP contribution < -0.4 is 15.4 Å². The summed E-state index contributed by atoms with van der Waals surface area (Å²) in [4.78, 5) is 4.23. The summed E-state index contributed by atoms with van der Waals surface area (Å²) in [6.07, 6.45) is 4.66. The van der Waals surface area contributed by atoms with Gasteiger partial charge in [-0.15, -0.1) is 24.0 Å². The third kappa shape index (κ3) is 7.74. The molecule has 7 nitrogen and oxygen atoms in total. The molecule has 138 valence electrons. The Labute approximate surface area is 165 Å². The first-order chi connectivity index (χ1) is 11.7. The van der Waals surface area contributed by atoms with E-state index in [1.807, 2.05) is 43.7 Å². The number of rotatable bonds is 8. The molecule has 2 aromatic rings. The molecule has 0 aliphatic rings. The topological polar surface area (TPSA) is 72.7 Å². The molecule has 2 rings (SSSR count). The van der Waals surface area contributed by atoms with Crippen molar-refractivity contribution in [2.24, 2.45) is 12.0 Å². The number of methoxy groups -OCH3 is 1. The SMILES string of the molecule is CN=C(NCc1cnn(C)c1)Nc1cccc(OCCCOC)c1.I. The van der Waals surface area contributed by atoms with Crippen molar-refractivity contribution in [3.63, 3.8) is 0 Å². The first-order valence-electron chi connectivity index (χ1n) is 7.88. The maximum absolute atomic E-state index is 5.70. The van der Waals surface area contributed by atoms with Crippen LogP contribution in [0.15, 0.2) is 41.7 Å².